The molecule has 0 aliphatic carbocycles. The van der Waals surface area contributed by atoms with Gasteiger partial charge in [0.15, 0.2) is 11.5 Å². The summed E-state index contributed by atoms with van der Waals surface area (Å²) in [5.74, 6) is 1.01. The molecule has 0 atom stereocenters. The Morgan fingerprint density at radius 1 is 1.13 bits per heavy atom. The highest BCUT2D eigenvalue weighted by molar-refractivity contribution is 7.15. The third-order valence-electron chi connectivity index (χ3n) is 4.29. The zero-order valence-electron chi connectivity index (χ0n) is 17.1. The number of anilines is 1. The number of hydrogen-bond acceptors (Lipinski definition) is 6. The Balaban J connectivity index is 1.58. The molecule has 6 nitrogen and oxygen atoms in total. The van der Waals surface area contributed by atoms with Gasteiger partial charge in [0.1, 0.15) is 11.6 Å². The quantitative estimate of drug-likeness (QED) is 0.458. The molecule has 0 saturated heterocycles. The van der Waals surface area contributed by atoms with Gasteiger partial charge in [-0.1, -0.05) is 61.1 Å². The summed E-state index contributed by atoms with van der Waals surface area (Å²) < 4.78 is 11.3. The topological polar surface area (TPSA) is 73.3 Å². The molecule has 1 amide bonds. The number of rotatable bonds is 10. The van der Waals surface area contributed by atoms with E-state index < -0.39 is 0 Å². The maximum absolute atomic E-state index is 12.2. The van der Waals surface area contributed by atoms with E-state index in [1.807, 2.05) is 48.5 Å². The van der Waals surface area contributed by atoms with E-state index in [0.29, 0.717) is 23.2 Å². The number of methoxy groups -OCH3 is 1. The van der Waals surface area contributed by atoms with E-state index in [-0.39, 0.29) is 5.91 Å². The number of carbonyl (C=O) groups is 1. The van der Waals surface area contributed by atoms with Gasteiger partial charge in [0.25, 0.3) is 0 Å². The van der Waals surface area contributed by atoms with Crippen LogP contribution in [0.25, 0.3) is 6.08 Å². The molecule has 0 radical (unpaired) electrons. The number of hydrogen-bond donors (Lipinski definition) is 1. The first-order valence-electron chi connectivity index (χ1n) is 9.84. The van der Waals surface area contributed by atoms with Gasteiger partial charge in [0, 0.05) is 12.5 Å². The molecule has 3 rings (SSSR count). The Labute approximate surface area is 180 Å². The van der Waals surface area contributed by atoms with Gasteiger partial charge in [-0.05, 0) is 35.8 Å². The Bertz CT molecular complexity index is 986. The van der Waals surface area contributed by atoms with Gasteiger partial charge in [0.05, 0.1) is 7.11 Å². The number of carbonyl (C=O) groups excluding carboxylic acids is 1. The second-order valence-corrected chi connectivity index (χ2v) is 7.67. The summed E-state index contributed by atoms with van der Waals surface area (Å²) in [6.07, 6.45) is 6.24. The first kappa shape index (κ1) is 21.5. The number of benzene rings is 2. The fourth-order valence-corrected chi connectivity index (χ4v) is 3.48. The molecule has 0 spiro atoms. The average molecular weight is 424 g/mol. The van der Waals surface area contributed by atoms with Crippen LogP contribution in [0.1, 0.15) is 35.9 Å². The van der Waals surface area contributed by atoms with Crippen molar-refractivity contribution in [1.29, 1.82) is 0 Å². The van der Waals surface area contributed by atoms with E-state index in [4.69, 9.17) is 9.47 Å². The van der Waals surface area contributed by atoms with Crippen LogP contribution in [0, 0.1) is 0 Å². The molecule has 2 aromatic carbocycles. The fourth-order valence-electron chi connectivity index (χ4n) is 2.69. The summed E-state index contributed by atoms with van der Waals surface area (Å²) in [6.45, 7) is 2.59. The van der Waals surface area contributed by atoms with E-state index in [2.05, 4.69) is 22.4 Å². The molecule has 3 aromatic rings. The molecule has 0 saturated carbocycles. The van der Waals surface area contributed by atoms with Gasteiger partial charge in [-0.3, -0.25) is 10.1 Å². The predicted molar refractivity (Wildman–Crippen MR) is 120 cm³/mol. The van der Waals surface area contributed by atoms with E-state index in [9.17, 15) is 4.79 Å². The third kappa shape index (κ3) is 6.42. The Hall–Kier alpha value is -3.19. The number of aromatic nitrogens is 2. The normalized spacial score (nSPS) is 10.9. The third-order valence-corrected chi connectivity index (χ3v) is 5.19. The Morgan fingerprint density at radius 2 is 1.97 bits per heavy atom. The van der Waals surface area contributed by atoms with Crippen LogP contribution < -0.4 is 14.8 Å². The van der Waals surface area contributed by atoms with Crippen molar-refractivity contribution in [2.24, 2.45) is 0 Å². The summed E-state index contributed by atoms with van der Waals surface area (Å²) in [7, 11) is 1.59. The molecule has 156 valence electrons. The Kier molecular flexibility index (Phi) is 7.97. The van der Waals surface area contributed by atoms with Crippen LogP contribution in [0.4, 0.5) is 5.13 Å². The molecule has 1 N–H and O–H groups in total. The van der Waals surface area contributed by atoms with Crippen molar-refractivity contribution < 1.29 is 14.3 Å². The van der Waals surface area contributed by atoms with Gasteiger partial charge < -0.3 is 9.47 Å². The molecule has 7 heteroatoms. The minimum Gasteiger partial charge on any atom is -0.493 e. The molecular formula is C23H25N3O3S. The summed E-state index contributed by atoms with van der Waals surface area (Å²) >= 11 is 1.41. The Morgan fingerprint density at radius 3 is 2.73 bits per heavy atom. The summed E-state index contributed by atoms with van der Waals surface area (Å²) in [5, 5.41) is 12.3. The van der Waals surface area contributed by atoms with Crippen LogP contribution in [0.15, 0.2) is 54.6 Å². The lowest BCUT2D eigenvalue weighted by Crippen LogP contribution is -2.07. The monoisotopic (exact) mass is 423 g/mol. The number of nitrogens with zero attached hydrogens (tertiary/aromatic N) is 2. The molecule has 0 fully saturated rings. The lowest BCUT2D eigenvalue weighted by molar-refractivity contribution is -0.111. The smallest absolute Gasteiger partial charge is 0.250 e. The highest BCUT2D eigenvalue weighted by atomic mass is 32.1. The fraction of sp³-hybridized carbons (Fsp3) is 0.261. The van der Waals surface area contributed by atoms with Crippen LogP contribution in [0.3, 0.4) is 0 Å². The largest absolute Gasteiger partial charge is 0.493 e. The maximum atomic E-state index is 12.2. The number of unbranched alkanes of at least 4 members (excludes halogenated alkanes) is 1. The lowest BCUT2D eigenvalue weighted by atomic mass is 10.2. The highest BCUT2D eigenvalue weighted by Crippen LogP contribution is 2.29. The summed E-state index contributed by atoms with van der Waals surface area (Å²) in [6, 6.07) is 15.5. The molecule has 0 aliphatic rings. The van der Waals surface area contributed by atoms with Gasteiger partial charge >= 0.3 is 0 Å². The van der Waals surface area contributed by atoms with E-state index >= 15 is 0 Å². The summed E-state index contributed by atoms with van der Waals surface area (Å²) in [5.41, 5.74) is 1.91. The number of aryl methyl sites for hydroxylation is 1. The minimum absolute atomic E-state index is 0.253. The molecule has 0 bridgehead atoms. The van der Waals surface area contributed by atoms with Gasteiger partial charge in [0.2, 0.25) is 11.0 Å². The first-order valence-corrected chi connectivity index (χ1v) is 10.7. The zero-order valence-corrected chi connectivity index (χ0v) is 17.9. The van der Waals surface area contributed by atoms with Gasteiger partial charge in [-0.15, -0.1) is 10.2 Å². The minimum atomic E-state index is -0.253. The molecule has 1 heterocycles. The van der Waals surface area contributed by atoms with Crippen molar-refractivity contribution in [3.05, 3.63) is 70.7 Å². The predicted octanol–water partition coefficient (Wildman–Crippen LogP) is 5.12. The van der Waals surface area contributed by atoms with Crippen molar-refractivity contribution in [1.82, 2.24) is 10.2 Å². The molecule has 0 aliphatic heterocycles. The number of nitrogens with one attached hydrogen (secondary N) is 1. The molecule has 30 heavy (non-hydrogen) atoms. The van der Waals surface area contributed by atoms with Crippen molar-refractivity contribution in [2.75, 3.05) is 12.4 Å². The van der Waals surface area contributed by atoms with Crippen LogP contribution in [0.2, 0.25) is 0 Å². The molecule has 1 aromatic heterocycles. The van der Waals surface area contributed by atoms with Crippen molar-refractivity contribution in [3.8, 4) is 11.5 Å². The van der Waals surface area contributed by atoms with Crippen LogP contribution in [-0.4, -0.2) is 23.2 Å². The highest BCUT2D eigenvalue weighted by Gasteiger charge is 2.08. The SMILES string of the molecule is CCCCc1nnc(NC(=O)C=Cc2ccc(OCc3ccccc3)c(OC)c2)s1. The van der Waals surface area contributed by atoms with Crippen molar-refractivity contribution >= 4 is 28.5 Å². The first-order chi connectivity index (χ1) is 14.7. The second kappa shape index (κ2) is 11.1. The van der Waals surface area contributed by atoms with E-state index in [1.165, 1.54) is 17.4 Å². The molecular weight excluding hydrogens is 398 g/mol. The van der Waals surface area contributed by atoms with Gasteiger partial charge in [-0.25, -0.2) is 0 Å². The summed E-state index contributed by atoms with van der Waals surface area (Å²) in [4.78, 5) is 12.2. The maximum Gasteiger partial charge on any atom is 0.250 e. The van der Waals surface area contributed by atoms with Crippen molar-refractivity contribution in [3.63, 3.8) is 0 Å². The standard InChI is InChI=1S/C23H25N3O3S/c1-3-4-10-22-25-26-23(30-22)24-21(27)14-12-17-11-13-19(20(15-17)28-2)29-16-18-8-6-5-7-9-18/h5-9,11-15H,3-4,10,16H2,1-2H3,(H,24,26,27). The van der Waals surface area contributed by atoms with Crippen LogP contribution in [-0.2, 0) is 17.8 Å². The van der Waals surface area contributed by atoms with Gasteiger partial charge in [-0.2, -0.15) is 0 Å². The zero-order chi connectivity index (χ0) is 21.2. The van der Waals surface area contributed by atoms with Crippen LogP contribution in [0.5, 0.6) is 11.5 Å². The van der Waals surface area contributed by atoms with Crippen LogP contribution >= 0.6 is 11.3 Å². The number of amides is 1. The molecule has 0 unspecified atom stereocenters. The van der Waals surface area contributed by atoms with E-state index in [0.717, 1.165) is 35.4 Å². The lowest BCUT2D eigenvalue weighted by Gasteiger charge is -2.11. The van der Waals surface area contributed by atoms with E-state index in [1.54, 1.807) is 13.2 Å². The average Bonchev–Trinajstić information content (AvgIpc) is 3.22. The second-order valence-electron chi connectivity index (χ2n) is 6.61. The van der Waals surface area contributed by atoms with Crippen molar-refractivity contribution in [2.45, 2.75) is 32.8 Å². The number of ether oxygens (including phenoxy) is 2.